The standard InChI is InChI=1S/C42H60O23/c1-6-55-28-62-34(45)16-12-17-37(48)63-29(2)40(51)59-24-9-7-22-56-35(46)18-20-38(49)64-30(3)41(52)60-25-10-8-23-57-36(47)19-21-39(50)65-31(4)42(53)61-27-13-26-58-33(44)15-11-14-32(43)54-5/h7-10,29-31H,6,11-28H2,1-5H3/b9-7-,10-8-. The van der Waals surface area contributed by atoms with Crippen LogP contribution >= 0.6 is 0 Å². The molecule has 0 aliphatic carbocycles. The number of rotatable bonds is 35. The van der Waals surface area contributed by atoms with Gasteiger partial charge in [0.15, 0.2) is 25.1 Å². The summed E-state index contributed by atoms with van der Waals surface area (Å²) in [6, 6.07) is 0. The highest BCUT2D eigenvalue weighted by molar-refractivity contribution is 5.83. The summed E-state index contributed by atoms with van der Waals surface area (Å²) in [7, 11) is 1.24. The molecule has 0 saturated heterocycles. The van der Waals surface area contributed by atoms with Crippen molar-refractivity contribution in [1.29, 1.82) is 0 Å². The lowest BCUT2D eigenvalue weighted by Crippen LogP contribution is -2.27. The Hall–Kier alpha value is -6.39. The van der Waals surface area contributed by atoms with E-state index in [2.05, 4.69) is 4.74 Å². The molecule has 0 aromatic carbocycles. The molecule has 0 fully saturated rings. The maximum atomic E-state index is 12.1. The van der Waals surface area contributed by atoms with Crippen molar-refractivity contribution in [2.45, 2.75) is 117 Å². The number of esters is 11. The topological polar surface area (TPSA) is 299 Å². The SMILES string of the molecule is CCOCOC(=O)CCCC(=O)OC(C)C(=O)OC/C=C\COC(=O)CCC(=O)OC(C)C(=O)OC/C=C\COC(=O)CCC(=O)OC(C)C(=O)OCCCOC(=O)CCCC(=O)OC. The molecule has 23 nitrogen and oxygen atoms in total. The van der Waals surface area contributed by atoms with Gasteiger partial charge in [-0.15, -0.1) is 0 Å². The smallest absolute Gasteiger partial charge is 0.347 e. The number of methoxy groups -OCH3 is 1. The summed E-state index contributed by atoms with van der Waals surface area (Å²) in [6.07, 6.45) is 0.813. The normalized spacial score (nSPS) is 12.1. The first-order valence-electron chi connectivity index (χ1n) is 20.6. The van der Waals surface area contributed by atoms with Gasteiger partial charge in [-0.1, -0.05) is 0 Å². The van der Waals surface area contributed by atoms with Crippen LogP contribution in [0.2, 0.25) is 0 Å². The summed E-state index contributed by atoms with van der Waals surface area (Å²) in [5.74, 6) is -7.97. The molecule has 23 heteroatoms. The highest BCUT2D eigenvalue weighted by atomic mass is 16.7. The lowest BCUT2D eigenvalue weighted by Gasteiger charge is -2.13. The van der Waals surface area contributed by atoms with Gasteiger partial charge in [-0.05, 0) is 64.8 Å². The van der Waals surface area contributed by atoms with E-state index in [1.165, 1.54) is 52.2 Å². The predicted octanol–water partition coefficient (Wildman–Crippen LogP) is 2.15. The van der Waals surface area contributed by atoms with E-state index in [4.69, 9.17) is 52.1 Å². The number of hydrogen-bond acceptors (Lipinski definition) is 23. The Morgan fingerprint density at radius 1 is 0.385 bits per heavy atom. The monoisotopic (exact) mass is 932 g/mol. The Morgan fingerprint density at radius 3 is 1.17 bits per heavy atom. The second kappa shape index (κ2) is 37.0. The number of ether oxygens (including phenoxy) is 12. The van der Waals surface area contributed by atoms with Crippen LogP contribution in [0.1, 0.15) is 98.3 Å². The molecule has 0 rings (SSSR count). The summed E-state index contributed by atoms with van der Waals surface area (Å²) in [6.45, 7) is 4.79. The van der Waals surface area contributed by atoms with Crippen LogP contribution in [-0.2, 0) is 110 Å². The minimum absolute atomic E-state index is 0.0235. The largest absolute Gasteiger partial charge is 0.469 e. The summed E-state index contributed by atoms with van der Waals surface area (Å²) < 4.78 is 58.8. The third kappa shape index (κ3) is 33.8. The lowest BCUT2D eigenvalue weighted by atomic mass is 10.2. The first-order chi connectivity index (χ1) is 31.0. The van der Waals surface area contributed by atoms with Crippen molar-refractivity contribution in [1.82, 2.24) is 0 Å². The summed E-state index contributed by atoms with van der Waals surface area (Å²) in [5, 5.41) is 0. The third-order valence-electron chi connectivity index (χ3n) is 7.70. The molecule has 0 amide bonds. The zero-order valence-corrected chi connectivity index (χ0v) is 37.4. The average Bonchev–Trinajstić information content (AvgIpc) is 3.26. The van der Waals surface area contributed by atoms with Crippen LogP contribution in [0.5, 0.6) is 0 Å². The van der Waals surface area contributed by atoms with Crippen LogP contribution in [0, 0.1) is 0 Å². The molecular weight excluding hydrogens is 872 g/mol. The average molecular weight is 933 g/mol. The number of carbonyl (C=O) groups is 11. The van der Waals surface area contributed by atoms with E-state index in [-0.39, 0.29) is 111 Å². The van der Waals surface area contributed by atoms with Gasteiger partial charge in [0.1, 0.15) is 26.4 Å². The van der Waals surface area contributed by atoms with E-state index in [0.717, 1.165) is 0 Å². The third-order valence-corrected chi connectivity index (χ3v) is 7.70. The van der Waals surface area contributed by atoms with E-state index < -0.39 is 90.4 Å². The molecule has 0 aromatic heterocycles. The lowest BCUT2D eigenvalue weighted by molar-refractivity contribution is -0.167. The second-order valence-electron chi connectivity index (χ2n) is 13.1. The van der Waals surface area contributed by atoms with Crippen molar-refractivity contribution in [3.05, 3.63) is 24.3 Å². The minimum Gasteiger partial charge on any atom is -0.469 e. The molecular formula is C42H60O23. The van der Waals surface area contributed by atoms with Crippen molar-refractivity contribution >= 4 is 65.7 Å². The summed E-state index contributed by atoms with van der Waals surface area (Å²) >= 11 is 0. The van der Waals surface area contributed by atoms with E-state index in [0.29, 0.717) is 6.61 Å². The highest BCUT2D eigenvalue weighted by Crippen LogP contribution is 2.07. The Morgan fingerprint density at radius 2 is 0.723 bits per heavy atom. The number of hydrogen-bond donors (Lipinski definition) is 0. The molecule has 0 radical (unpaired) electrons. The van der Waals surface area contributed by atoms with Crippen molar-refractivity contribution in [2.24, 2.45) is 0 Å². The van der Waals surface area contributed by atoms with E-state index in [9.17, 15) is 52.7 Å². The van der Waals surface area contributed by atoms with Crippen molar-refractivity contribution in [3.63, 3.8) is 0 Å². The van der Waals surface area contributed by atoms with Gasteiger partial charge in [0.25, 0.3) is 0 Å². The summed E-state index contributed by atoms with van der Waals surface area (Å²) in [5.41, 5.74) is 0. The minimum atomic E-state index is -1.30. The van der Waals surface area contributed by atoms with Crippen LogP contribution in [0.15, 0.2) is 24.3 Å². The molecule has 0 aliphatic rings. The predicted molar refractivity (Wildman–Crippen MR) is 216 cm³/mol. The first-order valence-corrected chi connectivity index (χ1v) is 20.6. The Labute approximate surface area is 375 Å². The second-order valence-corrected chi connectivity index (χ2v) is 13.1. The molecule has 0 aromatic rings. The van der Waals surface area contributed by atoms with Crippen molar-refractivity contribution < 1.29 is 110 Å². The first kappa shape index (κ1) is 58.6. The molecule has 0 heterocycles. The zero-order valence-electron chi connectivity index (χ0n) is 37.4. The Kier molecular flexibility index (Phi) is 33.4. The number of carbonyl (C=O) groups excluding carboxylic acids is 11. The van der Waals surface area contributed by atoms with Crippen molar-refractivity contribution in [2.75, 3.05) is 60.2 Å². The molecule has 3 unspecified atom stereocenters. The fourth-order valence-electron chi connectivity index (χ4n) is 4.24. The highest BCUT2D eigenvalue weighted by Gasteiger charge is 2.22. The molecule has 0 N–H and O–H groups in total. The maximum absolute atomic E-state index is 12.1. The summed E-state index contributed by atoms with van der Waals surface area (Å²) in [4.78, 5) is 130. The Balaban J connectivity index is 4.06. The molecule has 366 valence electrons. The zero-order chi connectivity index (χ0) is 48.8. The maximum Gasteiger partial charge on any atom is 0.347 e. The molecule has 3 atom stereocenters. The van der Waals surface area contributed by atoms with Crippen LogP contribution in [0.25, 0.3) is 0 Å². The molecule has 65 heavy (non-hydrogen) atoms. The molecule has 0 spiro atoms. The molecule has 0 bridgehead atoms. The molecule has 0 aliphatic heterocycles. The Bertz CT molecular complexity index is 1600. The van der Waals surface area contributed by atoms with Gasteiger partial charge in [0, 0.05) is 38.7 Å². The van der Waals surface area contributed by atoms with Crippen LogP contribution in [-0.4, -0.2) is 144 Å². The molecule has 0 saturated carbocycles. The van der Waals surface area contributed by atoms with Gasteiger partial charge >= 0.3 is 65.7 Å². The fraction of sp³-hybridized carbons (Fsp3) is 0.643. The quantitative estimate of drug-likeness (QED) is 0.0289. The van der Waals surface area contributed by atoms with Gasteiger partial charge in [0.05, 0.1) is 46.0 Å². The van der Waals surface area contributed by atoms with Crippen LogP contribution in [0.4, 0.5) is 0 Å². The fourth-order valence-corrected chi connectivity index (χ4v) is 4.24. The van der Waals surface area contributed by atoms with Crippen LogP contribution in [0.3, 0.4) is 0 Å². The van der Waals surface area contributed by atoms with E-state index >= 15 is 0 Å². The van der Waals surface area contributed by atoms with E-state index in [1.54, 1.807) is 6.92 Å². The van der Waals surface area contributed by atoms with Crippen LogP contribution < -0.4 is 0 Å². The van der Waals surface area contributed by atoms with Gasteiger partial charge < -0.3 is 56.8 Å². The van der Waals surface area contributed by atoms with E-state index in [1.807, 2.05) is 0 Å². The van der Waals surface area contributed by atoms with Gasteiger partial charge in [-0.25, -0.2) is 14.4 Å². The van der Waals surface area contributed by atoms with Crippen molar-refractivity contribution in [3.8, 4) is 0 Å². The van der Waals surface area contributed by atoms with Gasteiger partial charge in [-0.2, -0.15) is 0 Å². The van der Waals surface area contributed by atoms with Gasteiger partial charge in [-0.3, -0.25) is 38.4 Å². The van der Waals surface area contributed by atoms with Gasteiger partial charge in [0.2, 0.25) is 0 Å².